The molecule has 0 saturated heterocycles. The van der Waals surface area contributed by atoms with E-state index in [4.69, 9.17) is 30.9 Å². The number of nitrogen functional groups attached to an aromatic ring is 2. The number of aliphatic imine (C=N–C) groups is 1. The monoisotopic (exact) mass is 420 g/mol. The van der Waals surface area contributed by atoms with Crippen LogP contribution in [0.5, 0.6) is 11.5 Å². The Hall–Kier alpha value is -4.64. The molecule has 1 atom stereocenters. The van der Waals surface area contributed by atoms with E-state index >= 15 is 0 Å². The number of hydrogen-bond donors (Lipinski definition) is 4. The number of nitrogens with one attached hydrogen (secondary N) is 2. The lowest BCUT2D eigenvalue weighted by atomic mass is 9.95. The van der Waals surface area contributed by atoms with Crippen molar-refractivity contribution in [2.24, 2.45) is 4.99 Å². The number of benzene rings is 1. The van der Waals surface area contributed by atoms with Gasteiger partial charge in [0.05, 0.1) is 19.1 Å². The summed E-state index contributed by atoms with van der Waals surface area (Å²) in [5.74, 6) is 1.41. The molecule has 1 aromatic heterocycles. The van der Waals surface area contributed by atoms with E-state index in [0.717, 1.165) is 0 Å². The molecule has 1 aliphatic heterocycles. The van der Waals surface area contributed by atoms with E-state index in [1.54, 1.807) is 18.2 Å². The van der Waals surface area contributed by atoms with Crippen molar-refractivity contribution in [1.82, 2.24) is 10.3 Å². The normalized spacial score (nSPS) is 14.0. The van der Waals surface area contributed by atoms with Crippen molar-refractivity contribution in [1.29, 1.82) is 10.5 Å². The molecule has 11 nitrogen and oxygen atoms in total. The van der Waals surface area contributed by atoms with Gasteiger partial charge in [0.25, 0.3) is 0 Å². The molecule has 2 aromatic rings. The van der Waals surface area contributed by atoms with Crippen LogP contribution in [0.25, 0.3) is 0 Å². The van der Waals surface area contributed by atoms with Gasteiger partial charge in [-0.2, -0.15) is 10.5 Å². The van der Waals surface area contributed by atoms with Gasteiger partial charge < -0.3 is 31.0 Å². The molecular weight excluding hydrogens is 400 g/mol. The first-order valence-electron chi connectivity index (χ1n) is 9.06. The van der Waals surface area contributed by atoms with Crippen LogP contribution in [0.15, 0.2) is 36.0 Å². The summed E-state index contributed by atoms with van der Waals surface area (Å²) >= 11 is 0. The van der Waals surface area contributed by atoms with Gasteiger partial charge in [-0.25, -0.2) is 9.98 Å². The van der Waals surface area contributed by atoms with Crippen molar-refractivity contribution in [2.45, 2.75) is 6.04 Å². The Bertz CT molecular complexity index is 1120. The number of anilines is 3. The Labute approximate surface area is 178 Å². The molecule has 0 aliphatic carbocycles. The molecular formula is C20H20N8O3. The molecule has 3 rings (SSSR count). The minimum absolute atomic E-state index is 0.0220. The van der Waals surface area contributed by atoms with Gasteiger partial charge in [-0.15, -0.1) is 0 Å². The number of nitrogens with two attached hydrogens (primary N) is 2. The molecule has 0 spiro atoms. The highest BCUT2D eigenvalue weighted by Gasteiger charge is 2.30. The summed E-state index contributed by atoms with van der Waals surface area (Å²) in [5.41, 5.74) is 13.5. The summed E-state index contributed by atoms with van der Waals surface area (Å²) in [7, 11) is 1.51. The molecule has 0 bridgehead atoms. The molecule has 0 radical (unpaired) electrons. The van der Waals surface area contributed by atoms with Crippen LogP contribution in [0.2, 0.25) is 0 Å². The van der Waals surface area contributed by atoms with Crippen LogP contribution < -0.4 is 31.6 Å². The predicted molar refractivity (Wildman–Crippen MR) is 114 cm³/mol. The largest absolute Gasteiger partial charge is 0.498 e. The van der Waals surface area contributed by atoms with Crippen molar-refractivity contribution in [3.63, 3.8) is 0 Å². The first-order valence-corrected chi connectivity index (χ1v) is 9.06. The Morgan fingerprint density at radius 1 is 1.29 bits per heavy atom. The third kappa shape index (κ3) is 4.21. The quantitative estimate of drug-likeness (QED) is 0.223. The first kappa shape index (κ1) is 21.1. The smallest absolute Gasteiger partial charge is 0.211 e. The minimum atomic E-state index is -0.681. The second-order valence-electron chi connectivity index (χ2n) is 6.20. The van der Waals surface area contributed by atoms with Gasteiger partial charge in [0.1, 0.15) is 42.5 Å². The average Bonchev–Trinajstić information content (AvgIpc) is 2.76. The Morgan fingerprint density at radius 3 is 2.77 bits per heavy atom. The van der Waals surface area contributed by atoms with Crippen LogP contribution in [0.3, 0.4) is 0 Å². The number of nitriles is 2. The van der Waals surface area contributed by atoms with Crippen LogP contribution in [0.4, 0.5) is 17.3 Å². The van der Waals surface area contributed by atoms with Gasteiger partial charge in [-0.3, -0.25) is 5.32 Å². The SMILES string of the molecule is C=COCCOc1ccc(C2N=C(NC#N)Nc3nc(N)c(C#N)c(N)c32)cc1OC. The molecule has 6 N–H and O–H groups in total. The summed E-state index contributed by atoms with van der Waals surface area (Å²) in [6, 6.07) is 6.52. The third-order valence-corrected chi connectivity index (χ3v) is 4.44. The highest BCUT2D eigenvalue weighted by Crippen LogP contribution is 2.42. The zero-order chi connectivity index (χ0) is 22.4. The molecule has 0 amide bonds. The summed E-state index contributed by atoms with van der Waals surface area (Å²) in [4.78, 5) is 8.74. The predicted octanol–water partition coefficient (Wildman–Crippen LogP) is 1.61. The second kappa shape index (κ2) is 9.24. The van der Waals surface area contributed by atoms with Gasteiger partial charge in [0, 0.05) is 5.56 Å². The molecule has 1 aliphatic rings. The molecule has 0 saturated carbocycles. The van der Waals surface area contributed by atoms with Crippen molar-refractivity contribution in [2.75, 3.05) is 37.1 Å². The summed E-state index contributed by atoms with van der Waals surface area (Å²) in [6.45, 7) is 4.11. The maximum atomic E-state index is 9.42. The molecule has 1 unspecified atom stereocenters. The van der Waals surface area contributed by atoms with E-state index in [9.17, 15) is 5.26 Å². The minimum Gasteiger partial charge on any atom is -0.498 e. The van der Waals surface area contributed by atoms with Crippen LogP contribution >= 0.6 is 0 Å². The van der Waals surface area contributed by atoms with Gasteiger partial charge in [-0.05, 0) is 17.7 Å². The van der Waals surface area contributed by atoms with E-state index < -0.39 is 6.04 Å². The first-order chi connectivity index (χ1) is 15.0. The number of fused-ring (bicyclic) bond motifs is 1. The lowest BCUT2D eigenvalue weighted by Crippen LogP contribution is -2.32. The standard InChI is InChI=1S/C20H20N8O3/c1-3-30-6-7-31-13-5-4-11(8-14(13)29-2)17-15-16(23)12(9-21)18(24)27-19(15)28-20(26-17)25-10-22/h3-5,8,17H,1,6-7H2,2H3,(H6,23,24,25,26,27,28). The van der Waals surface area contributed by atoms with Gasteiger partial charge >= 0.3 is 0 Å². The second-order valence-corrected chi connectivity index (χ2v) is 6.20. The van der Waals surface area contributed by atoms with Crippen LogP contribution in [0, 0.1) is 22.8 Å². The van der Waals surface area contributed by atoms with E-state index in [0.29, 0.717) is 41.7 Å². The Kier molecular flexibility index (Phi) is 6.28. The molecule has 11 heteroatoms. The number of nitrogens with zero attached hydrogens (tertiary/aromatic N) is 4. The zero-order valence-electron chi connectivity index (χ0n) is 16.7. The van der Waals surface area contributed by atoms with Crippen LogP contribution in [0.1, 0.15) is 22.7 Å². The number of rotatable bonds is 7. The van der Waals surface area contributed by atoms with Crippen molar-refractivity contribution in [3.05, 3.63) is 47.7 Å². The number of hydrogen-bond acceptors (Lipinski definition) is 11. The van der Waals surface area contributed by atoms with Gasteiger partial charge in [0.2, 0.25) is 5.96 Å². The fraction of sp³-hybridized carbons (Fsp3) is 0.200. The third-order valence-electron chi connectivity index (χ3n) is 4.44. The summed E-state index contributed by atoms with van der Waals surface area (Å²) in [5, 5.41) is 23.7. The highest BCUT2D eigenvalue weighted by atomic mass is 16.5. The van der Waals surface area contributed by atoms with E-state index in [1.165, 1.54) is 13.4 Å². The zero-order valence-corrected chi connectivity index (χ0v) is 16.7. The van der Waals surface area contributed by atoms with Crippen LogP contribution in [-0.2, 0) is 4.74 Å². The fourth-order valence-electron chi connectivity index (χ4n) is 3.08. The lowest BCUT2D eigenvalue weighted by Gasteiger charge is -2.26. The molecule has 0 fully saturated rings. The molecule has 2 heterocycles. The van der Waals surface area contributed by atoms with Gasteiger partial charge in [-0.1, -0.05) is 12.6 Å². The topological polar surface area (TPSA) is 177 Å². The van der Waals surface area contributed by atoms with Gasteiger partial charge in [0.15, 0.2) is 17.7 Å². The number of ether oxygens (including phenoxy) is 3. The Morgan fingerprint density at radius 2 is 2.10 bits per heavy atom. The average molecular weight is 420 g/mol. The van der Waals surface area contributed by atoms with E-state index in [-0.39, 0.29) is 23.0 Å². The molecule has 31 heavy (non-hydrogen) atoms. The summed E-state index contributed by atoms with van der Waals surface area (Å²) in [6.07, 6.45) is 3.14. The van der Waals surface area contributed by atoms with E-state index in [2.05, 4.69) is 27.2 Å². The van der Waals surface area contributed by atoms with Crippen molar-refractivity contribution in [3.8, 4) is 23.8 Å². The molecule has 158 valence electrons. The number of methoxy groups -OCH3 is 1. The Balaban J connectivity index is 2.06. The van der Waals surface area contributed by atoms with E-state index in [1.807, 2.05) is 12.3 Å². The molecule has 1 aromatic carbocycles. The highest BCUT2D eigenvalue weighted by molar-refractivity contribution is 5.98. The fourth-order valence-corrected chi connectivity index (χ4v) is 3.08. The number of guanidine groups is 1. The number of pyridine rings is 1. The maximum absolute atomic E-state index is 9.42. The number of aromatic nitrogens is 1. The maximum Gasteiger partial charge on any atom is 0.211 e. The van der Waals surface area contributed by atoms with Crippen molar-refractivity contribution < 1.29 is 14.2 Å². The lowest BCUT2D eigenvalue weighted by molar-refractivity contribution is 0.176. The van der Waals surface area contributed by atoms with Crippen molar-refractivity contribution >= 4 is 23.3 Å². The summed E-state index contributed by atoms with van der Waals surface area (Å²) < 4.78 is 16.2. The van der Waals surface area contributed by atoms with Crippen LogP contribution in [-0.4, -0.2) is 31.3 Å².